The summed E-state index contributed by atoms with van der Waals surface area (Å²) in [5, 5.41) is 5.75. The number of aryl methyl sites for hydroxylation is 1. The Kier molecular flexibility index (Phi) is 4.25. The highest BCUT2D eigenvalue weighted by Crippen LogP contribution is 2.08. The molecule has 18 heavy (non-hydrogen) atoms. The van der Waals surface area contributed by atoms with E-state index in [-0.39, 0.29) is 5.91 Å². The summed E-state index contributed by atoms with van der Waals surface area (Å²) in [6.07, 6.45) is 3.24. The van der Waals surface area contributed by atoms with Crippen LogP contribution >= 0.6 is 11.3 Å². The molecule has 1 aromatic heterocycles. The lowest BCUT2D eigenvalue weighted by molar-refractivity contribution is -0.116. The molecule has 4 heteroatoms. The van der Waals surface area contributed by atoms with Crippen LogP contribution < -0.4 is 5.32 Å². The van der Waals surface area contributed by atoms with Crippen molar-refractivity contribution < 1.29 is 4.79 Å². The number of carbonyl (C=O) groups excluding carboxylic acids is 1. The Balaban J connectivity index is 1.84. The minimum atomic E-state index is -0.107. The van der Waals surface area contributed by atoms with Crippen LogP contribution in [-0.2, 0) is 11.3 Å². The van der Waals surface area contributed by atoms with Gasteiger partial charge in [-0.2, -0.15) is 0 Å². The Morgan fingerprint density at radius 3 is 2.83 bits per heavy atom. The van der Waals surface area contributed by atoms with Crippen LogP contribution in [0.2, 0.25) is 0 Å². The Morgan fingerprint density at radius 1 is 1.39 bits per heavy atom. The third kappa shape index (κ3) is 3.82. The maximum atomic E-state index is 11.6. The number of amides is 1. The average Bonchev–Trinajstić information content (AvgIpc) is 2.81. The van der Waals surface area contributed by atoms with E-state index in [1.807, 2.05) is 42.6 Å². The summed E-state index contributed by atoms with van der Waals surface area (Å²) in [7, 11) is 0. The fourth-order valence-electron chi connectivity index (χ4n) is 1.46. The van der Waals surface area contributed by atoms with Gasteiger partial charge in [-0.05, 0) is 18.6 Å². The number of hydrogen-bond acceptors (Lipinski definition) is 3. The molecule has 0 aliphatic heterocycles. The molecule has 2 aromatic rings. The van der Waals surface area contributed by atoms with E-state index in [0.29, 0.717) is 6.54 Å². The maximum Gasteiger partial charge on any atom is 0.244 e. The van der Waals surface area contributed by atoms with E-state index in [1.165, 1.54) is 6.08 Å². The average molecular weight is 258 g/mol. The van der Waals surface area contributed by atoms with Crippen molar-refractivity contribution in [2.24, 2.45) is 0 Å². The van der Waals surface area contributed by atoms with E-state index in [0.717, 1.165) is 16.3 Å². The first-order valence-electron chi connectivity index (χ1n) is 5.66. The van der Waals surface area contributed by atoms with Gasteiger partial charge in [0.15, 0.2) is 0 Å². The predicted octanol–water partition coefficient (Wildman–Crippen LogP) is 2.78. The van der Waals surface area contributed by atoms with Gasteiger partial charge in [-0.3, -0.25) is 4.79 Å². The van der Waals surface area contributed by atoms with Gasteiger partial charge in [0.1, 0.15) is 0 Å². The summed E-state index contributed by atoms with van der Waals surface area (Å²) < 4.78 is 0. The third-order valence-electron chi connectivity index (χ3n) is 2.35. The molecule has 3 nitrogen and oxygen atoms in total. The highest BCUT2D eigenvalue weighted by atomic mass is 32.1. The number of hydrogen-bond donors (Lipinski definition) is 1. The first-order chi connectivity index (χ1) is 8.74. The van der Waals surface area contributed by atoms with Gasteiger partial charge in [-0.15, -0.1) is 11.3 Å². The standard InChI is InChI=1S/C14H14N2OS/c1-11-16-13(10-18-11)7-8-14(17)15-9-12-5-3-2-4-6-12/h2-8,10H,9H2,1H3,(H,15,17)/b8-7+. The highest BCUT2D eigenvalue weighted by molar-refractivity contribution is 7.09. The van der Waals surface area contributed by atoms with Gasteiger partial charge in [0.2, 0.25) is 5.91 Å². The molecular formula is C14H14N2OS. The van der Waals surface area contributed by atoms with Crippen molar-refractivity contribution in [1.82, 2.24) is 10.3 Å². The van der Waals surface area contributed by atoms with Crippen LogP contribution in [0.4, 0.5) is 0 Å². The molecule has 0 spiro atoms. The van der Waals surface area contributed by atoms with Gasteiger partial charge in [0.05, 0.1) is 10.7 Å². The zero-order valence-corrected chi connectivity index (χ0v) is 10.9. The van der Waals surface area contributed by atoms with E-state index in [4.69, 9.17) is 0 Å². The predicted molar refractivity (Wildman–Crippen MR) is 74.2 cm³/mol. The summed E-state index contributed by atoms with van der Waals surface area (Å²) in [5.41, 5.74) is 1.91. The third-order valence-corrected chi connectivity index (χ3v) is 3.14. The summed E-state index contributed by atoms with van der Waals surface area (Å²) >= 11 is 1.57. The molecular weight excluding hydrogens is 244 g/mol. The summed E-state index contributed by atoms with van der Waals surface area (Å²) in [6, 6.07) is 9.82. The van der Waals surface area contributed by atoms with Crippen LogP contribution in [0.1, 0.15) is 16.3 Å². The topological polar surface area (TPSA) is 42.0 Å². The number of thiazole rings is 1. The van der Waals surface area contributed by atoms with Crippen LogP contribution in [0.15, 0.2) is 41.8 Å². The van der Waals surface area contributed by atoms with Crippen molar-refractivity contribution >= 4 is 23.3 Å². The van der Waals surface area contributed by atoms with Crippen molar-refractivity contribution in [3.05, 3.63) is 58.1 Å². The molecule has 0 bridgehead atoms. The number of benzene rings is 1. The quantitative estimate of drug-likeness (QED) is 0.857. The first-order valence-corrected chi connectivity index (χ1v) is 6.54. The van der Waals surface area contributed by atoms with E-state index in [2.05, 4.69) is 10.3 Å². The smallest absolute Gasteiger partial charge is 0.244 e. The van der Waals surface area contributed by atoms with Crippen LogP contribution in [-0.4, -0.2) is 10.9 Å². The van der Waals surface area contributed by atoms with Crippen molar-refractivity contribution in [2.75, 3.05) is 0 Å². The van der Waals surface area contributed by atoms with E-state index in [9.17, 15) is 4.79 Å². The van der Waals surface area contributed by atoms with Gasteiger partial charge in [0.25, 0.3) is 0 Å². The van der Waals surface area contributed by atoms with Crippen molar-refractivity contribution in [3.63, 3.8) is 0 Å². The normalized spacial score (nSPS) is 10.7. The number of nitrogens with one attached hydrogen (secondary N) is 1. The summed E-state index contributed by atoms with van der Waals surface area (Å²) in [5.74, 6) is -0.107. The summed E-state index contributed by atoms with van der Waals surface area (Å²) in [6.45, 7) is 2.48. The molecule has 0 atom stereocenters. The van der Waals surface area contributed by atoms with Crippen LogP contribution in [0.3, 0.4) is 0 Å². The van der Waals surface area contributed by atoms with E-state index in [1.54, 1.807) is 17.4 Å². The zero-order chi connectivity index (χ0) is 12.8. The Labute approximate surface area is 110 Å². The van der Waals surface area contributed by atoms with Gasteiger partial charge in [-0.1, -0.05) is 30.3 Å². The Morgan fingerprint density at radius 2 is 2.17 bits per heavy atom. The molecule has 0 aliphatic rings. The van der Waals surface area contributed by atoms with E-state index >= 15 is 0 Å². The second-order valence-electron chi connectivity index (χ2n) is 3.83. The molecule has 0 aliphatic carbocycles. The molecule has 2 rings (SSSR count). The first kappa shape index (κ1) is 12.5. The minimum absolute atomic E-state index is 0.107. The van der Waals surface area contributed by atoms with Crippen molar-refractivity contribution in [3.8, 4) is 0 Å². The van der Waals surface area contributed by atoms with E-state index < -0.39 is 0 Å². The van der Waals surface area contributed by atoms with Gasteiger partial charge >= 0.3 is 0 Å². The largest absolute Gasteiger partial charge is 0.348 e. The fraction of sp³-hybridized carbons (Fsp3) is 0.143. The SMILES string of the molecule is Cc1nc(/C=C/C(=O)NCc2ccccc2)cs1. The van der Waals surface area contributed by atoms with Gasteiger partial charge in [0, 0.05) is 18.0 Å². The highest BCUT2D eigenvalue weighted by Gasteiger charge is 1.97. The lowest BCUT2D eigenvalue weighted by Gasteiger charge is -2.01. The minimum Gasteiger partial charge on any atom is -0.348 e. The molecule has 1 aromatic carbocycles. The van der Waals surface area contributed by atoms with Crippen LogP contribution in [0.25, 0.3) is 6.08 Å². The van der Waals surface area contributed by atoms with Gasteiger partial charge < -0.3 is 5.32 Å². The van der Waals surface area contributed by atoms with Crippen LogP contribution in [0.5, 0.6) is 0 Å². The number of carbonyl (C=O) groups is 1. The van der Waals surface area contributed by atoms with Crippen molar-refractivity contribution in [1.29, 1.82) is 0 Å². The molecule has 0 fully saturated rings. The molecule has 1 N–H and O–H groups in total. The second kappa shape index (κ2) is 6.12. The lowest BCUT2D eigenvalue weighted by Crippen LogP contribution is -2.20. The monoisotopic (exact) mass is 258 g/mol. The number of nitrogens with zero attached hydrogens (tertiary/aromatic N) is 1. The van der Waals surface area contributed by atoms with Crippen molar-refractivity contribution in [2.45, 2.75) is 13.5 Å². The Bertz CT molecular complexity index is 546. The maximum absolute atomic E-state index is 11.6. The molecule has 0 saturated carbocycles. The van der Waals surface area contributed by atoms with Crippen LogP contribution in [0, 0.1) is 6.92 Å². The summed E-state index contributed by atoms with van der Waals surface area (Å²) in [4.78, 5) is 15.8. The lowest BCUT2D eigenvalue weighted by atomic mass is 10.2. The number of aromatic nitrogens is 1. The molecule has 0 saturated heterocycles. The molecule has 0 radical (unpaired) electrons. The molecule has 0 unspecified atom stereocenters. The number of rotatable bonds is 4. The second-order valence-corrected chi connectivity index (χ2v) is 4.89. The van der Waals surface area contributed by atoms with Gasteiger partial charge in [-0.25, -0.2) is 4.98 Å². The fourth-order valence-corrected chi connectivity index (χ4v) is 2.04. The molecule has 1 amide bonds. The molecule has 92 valence electrons. The Hall–Kier alpha value is -1.94. The molecule has 1 heterocycles. The zero-order valence-electron chi connectivity index (χ0n) is 10.1.